The molecule has 1 amide bonds. The van der Waals surface area contributed by atoms with Crippen LogP contribution in [0.25, 0.3) is 0 Å². The Balaban J connectivity index is 2.09. The Bertz CT molecular complexity index is 461. The van der Waals surface area contributed by atoms with Crippen molar-refractivity contribution in [3.05, 3.63) is 28.8 Å². The van der Waals surface area contributed by atoms with Crippen LogP contribution in [0.1, 0.15) is 24.8 Å². The molecule has 0 aromatic heterocycles. The second kappa shape index (κ2) is 4.54. The van der Waals surface area contributed by atoms with Crippen LogP contribution in [0.2, 0.25) is 5.02 Å². The molecule has 4 heteroatoms. The molecule has 1 N–H and O–H groups in total. The molecule has 0 radical (unpaired) electrons. The van der Waals surface area contributed by atoms with Crippen molar-refractivity contribution in [2.75, 3.05) is 5.32 Å². The minimum absolute atomic E-state index is 0.0258. The van der Waals surface area contributed by atoms with Crippen LogP contribution in [-0.2, 0) is 4.79 Å². The molecule has 16 heavy (non-hydrogen) atoms. The largest absolute Gasteiger partial charge is 0.325 e. The lowest BCUT2D eigenvalue weighted by Gasteiger charge is -2.24. The lowest BCUT2D eigenvalue weighted by Crippen LogP contribution is -2.28. The Hall–Kier alpha value is -1.53. The normalized spacial score (nSPS) is 15.0. The number of anilines is 1. The maximum absolute atomic E-state index is 11.7. The third-order valence-electron chi connectivity index (χ3n) is 2.83. The van der Waals surface area contributed by atoms with Gasteiger partial charge in [0.2, 0.25) is 5.91 Å². The average Bonchev–Trinajstić information content (AvgIpc) is 2.18. The van der Waals surface area contributed by atoms with E-state index in [0.717, 1.165) is 19.3 Å². The molecule has 1 fully saturated rings. The molecule has 1 aliphatic carbocycles. The van der Waals surface area contributed by atoms with Gasteiger partial charge in [0, 0.05) is 5.92 Å². The second-order valence-electron chi connectivity index (χ2n) is 3.92. The fourth-order valence-corrected chi connectivity index (χ4v) is 1.82. The molecule has 0 unspecified atom stereocenters. The van der Waals surface area contributed by atoms with Crippen LogP contribution in [0.5, 0.6) is 0 Å². The van der Waals surface area contributed by atoms with Crippen LogP contribution in [0, 0.1) is 17.2 Å². The van der Waals surface area contributed by atoms with Crippen LogP contribution in [0.4, 0.5) is 5.69 Å². The van der Waals surface area contributed by atoms with Crippen LogP contribution >= 0.6 is 11.6 Å². The summed E-state index contributed by atoms with van der Waals surface area (Å²) >= 11 is 5.95. The fourth-order valence-electron chi connectivity index (χ4n) is 1.59. The molecule has 0 atom stereocenters. The smallest absolute Gasteiger partial charge is 0.227 e. The second-order valence-corrected chi connectivity index (χ2v) is 4.33. The SMILES string of the molecule is N#Cc1ccc(NC(=O)C2CCC2)c(Cl)c1. The van der Waals surface area contributed by atoms with E-state index in [1.165, 1.54) is 0 Å². The fraction of sp³-hybridized carbons (Fsp3) is 0.333. The number of nitrogens with one attached hydrogen (secondary N) is 1. The number of carbonyl (C=O) groups is 1. The summed E-state index contributed by atoms with van der Waals surface area (Å²) in [5.41, 5.74) is 1.07. The van der Waals surface area contributed by atoms with E-state index in [2.05, 4.69) is 5.32 Å². The zero-order chi connectivity index (χ0) is 11.5. The number of hydrogen-bond acceptors (Lipinski definition) is 2. The molecule has 1 aromatic carbocycles. The molecule has 1 saturated carbocycles. The molecule has 0 saturated heterocycles. The Labute approximate surface area is 99.0 Å². The molecule has 0 aliphatic heterocycles. The topological polar surface area (TPSA) is 52.9 Å². The van der Waals surface area contributed by atoms with Gasteiger partial charge in [-0.2, -0.15) is 5.26 Å². The summed E-state index contributed by atoms with van der Waals surface area (Å²) in [5.74, 6) is 0.157. The zero-order valence-electron chi connectivity index (χ0n) is 8.66. The van der Waals surface area contributed by atoms with Gasteiger partial charge in [0.15, 0.2) is 0 Å². The van der Waals surface area contributed by atoms with Crippen molar-refractivity contribution in [2.45, 2.75) is 19.3 Å². The number of carbonyl (C=O) groups excluding carboxylic acids is 1. The van der Waals surface area contributed by atoms with Crippen molar-refractivity contribution in [1.29, 1.82) is 5.26 Å². The predicted octanol–water partition coefficient (Wildman–Crippen LogP) is 2.95. The third-order valence-corrected chi connectivity index (χ3v) is 3.14. The van der Waals surface area contributed by atoms with Crippen molar-refractivity contribution in [2.24, 2.45) is 5.92 Å². The van der Waals surface area contributed by atoms with Gasteiger partial charge in [0.25, 0.3) is 0 Å². The van der Waals surface area contributed by atoms with Gasteiger partial charge >= 0.3 is 0 Å². The lowest BCUT2D eigenvalue weighted by atomic mass is 9.85. The first-order valence-corrected chi connectivity index (χ1v) is 5.59. The highest BCUT2D eigenvalue weighted by molar-refractivity contribution is 6.33. The van der Waals surface area contributed by atoms with Gasteiger partial charge in [-0.05, 0) is 31.0 Å². The van der Waals surface area contributed by atoms with Crippen molar-refractivity contribution in [1.82, 2.24) is 0 Å². The summed E-state index contributed by atoms with van der Waals surface area (Å²) < 4.78 is 0. The van der Waals surface area contributed by atoms with E-state index < -0.39 is 0 Å². The van der Waals surface area contributed by atoms with E-state index in [1.54, 1.807) is 18.2 Å². The first-order chi connectivity index (χ1) is 7.70. The summed E-state index contributed by atoms with van der Waals surface area (Å²) in [4.78, 5) is 11.7. The Morgan fingerprint density at radius 2 is 2.25 bits per heavy atom. The maximum atomic E-state index is 11.7. The van der Waals surface area contributed by atoms with Gasteiger partial charge in [0.1, 0.15) is 0 Å². The molecule has 0 spiro atoms. The van der Waals surface area contributed by atoms with Crippen LogP contribution in [0.3, 0.4) is 0 Å². The van der Waals surface area contributed by atoms with E-state index in [0.29, 0.717) is 16.3 Å². The number of rotatable bonds is 2. The van der Waals surface area contributed by atoms with Crippen LogP contribution in [-0.4, -0.2) is 5.91 Å². The number of benzene rings is 1. The van der Waals surface area contributed by atoms with Gasteiger partial charge in [0.05, 0.1) is 22.3 Å². The minimum Gasteiger partial charge on any atom is -0.325 e. The number of amides is 1. The molecular weight excluding hydrogens is 224 g/mol. The zero-order valence-corrected chi connectivity index (χ0v) is 9.42. The molecular formula is C12H11ClN2O. The maximum Gasteiger partial charge on any atom is 0.227 e. The standard InChI is InChI=1S/C12H11ClN2O/c13-10-6-8(7-14)4-5-11(10)15-12(16)9-2-1-3-9/h4-6,9H,1-3H2,(H,15,16). The van der Waals surface area contributed by atoms with Crippen molar-refractivity contribution in [3.8, 4) is 6.07 Å². The summed E-state index contributed by atoms with van der Waals surface area (Å²) in [5, 5.41) is 11.9. The van der Waals surface area contributed by atoms with Gasteiger partial charge in [-0.15, -0.1) is 0 Å². The molecule has 2 rings (SSSR count). The first kappa shape index (κ1) is 11.0. The summed E-state index contributed by atoms with van der Waals surface area (Å²) in [6.45, 7) is 0. The molecule has 1 aromatic rings. The van der Waals surface area contributed by atoms with E-state index in [1.807, 2.05) is 6.07 Å². The predicted molar refractivity (Wildman–Crippen MR) is 62.1 cm³/mol. The Morgan fingerprint density at radius 1 is 1.50 bits per heavy atom. The van der Waals surface area contributed by atoms with E-state index in [9.17, 15) is 4.79 Å². The van der Waals surface area contributed by atoms with E-state index in [4.69, 9.17) is 16.9 Å². The monoisotopic (exact) mass is 234 g/mol. The third kappa shape index (κ3) is 2.17. The molecule has 0 heterocycles. The van der Waals surface area contributed by atoms with Crippen molar-refractivity contribution in [3.63, 3.8) is 0 Å². The van der Waals surface area contributed by atoms with Crippen LogP contribution < -0.4 is 5.32 Å². The number of hydrogen-bond donors (Lipinski definition) is 1. The van der Waals surface area contributed by atoms with Gasteiger partial charge in [-0.25, -0.2) is 0 Å². The lowest BCUT2D eigenvalue weighted by molar-refractivity contribution is -0.122. The summed E-state index contributed by atoms with van der Waals surface area (Å²) in [7, 11) is 0. The highest BCUT2D eigenvalue weighted by atomic mass is 35.5. The first-order valence-electron chi connectivity index (χ1n) is 5.21. The Kier molecular flexibility index (Phi) is 3.12. The molecule has 82 valence electrons. The van der Waals surface area contributed by atoms with Crippen molar-refractivity contribution < 1.29 is 4.79 Å². The summed E-state index contributed by atoms with van der Waals surface area (Å²) in [6.07, 6.45) is 3.04. The average molecular weight is 235 g/mol. The van der Waals surface area contributed by atoms with Gasteiger partial charge < -0.3 is 5.32 Å². The van der Waals surface area contributed by atoms with E-state index >= 15 is 0 Å². The quantitative estimate of drug-likeness (QED) is 0.855. The van der Waals surface area contributed by atoms with E-state index in [-0.39, 0.29) is 11.8 Å². The number of nitrogens with zero attached hydrogens (tertiary/aromatic N) is 1. The highest BCUT2D eigenvalue weighted by Gasteiger charge is 2.25. The van der Waals surface area contributed by atoms with Gasteiger partial charge in [-0.1, -0.05) is 18.0 Å². The molecule has 0 bridgehead atoms. The highest BCUT2D eigenvalue weighted by Crippen LogP contribution is 2.29. The molecule has 3 nitrogen and oxygen atoms in total. The minimum atomic E-state index is 0.0258. The molecule has 1 aliphatic rings. The summed E-state index contributed by atoms with van der Waals surface area (Å²) in [6, 6.07) is 6.86. The van der Waals surface area contributed by atoms with Crippen molar-refractivity contribution >= 4 is 23.2 Å². The van der Waals surface area contributed by atoms with Gasteiger partial charge in [-0.3, -0.25) is 4.79 Å². The van der Waals surface area contributed by atoms with Crippen LogP contribution in [0.15, 0.2) is 18.2 Å². The Morgan fingerprint density at radius 3 is 2.75 bits per heavy atom. The number of nitriles is 1. The number of halogens is 1.